The lowest BCUT2D eigenvalue weighted by Crippen LogP contribution is -2.13. The van der Waals surface area contributed by atoms with E-state index < -0.39 is 0 Å². The van der Waals surface area contributed by atoms with Gasteiger partial charge in [-0.1, -0.05) is 26.8 Å². The molecule has 2 nitrogen and oxygen atoms in total. The summed E-state index contributed by atoms with van der Waals surface area (Å²) in [6.45, 7) is 10.5. The standard InChI is InChI=1S/C15H21NO/c1-9-6-12-14(10(2)8-15(12,4)5)13(7-9)16-11(3)17/h6-7,10H,8H2,1-5H3,(H,16,17). The molecule has 0 heterocycles. The molecule has 0 spiro atoms. The highest BCUT2D eigenvalue weighted by Gasteiger charge is 2.36. The Balaban J connectivity index is 2.60. The zero-order chi connectivity index (χ0) is 12.8. The summed E-state index contributed by atoms with van der Waals surface area (Å²) in [6, 6.07) is 4.35. The molecule has 0 saturated carbocycles. The molecule has 0 saturated heterocycles. The number of nitrogens with one attached hydrogen (secondary N) is 1. The molecule has 1 atom stereocenters. The summed E-state index contributed by atoms with van der Waals surface area (Å²) in [5, 5.41) is 2.98. The molecular formula is C15H21NO. The number of amides is 1. The van der Waals surface area contributed by atoms with E-state index in [1.165, 1.54) is 16.7 Å². The van der Waals surface area contributed by atoms with Crippen LogP contribution in [0.3, 0.4) is 0 Å². The van der Waals surface area contributed by atoms with Crippen molar-refractivity contribution in [1.82, 2.24) is 0 Å². The van der Waals surface area contributed by atoms with Crippen LogP contribution in [0, 0.1) is 6.92 Å². The van der Waals surface area contributed by atoms with Gasteiger partial charge in [0.2, 0.25) is 5.91 Å². The van der Waals surface area contributed by atoms with Gasteiger partial charge in [-0.2, -0.15) is 0 Å². The molecular weight excluding hydrogens is 210 g/mol. The fourth-order valence-corrected chi connectivity index (χ4v) is 3.16. The lowest BCUT2D eigenvalue weighted by molar-refractivity contribution is -0.114. The molecule has 92 valence electrons. The van der Waals surface area contributed by atoms with Crippen molar-refractivity contribution in [3.8, 4) is 0 Å². The van der Waals surface area contributed by atoms with Crippen molar-refractivity contribution in [2.45, 2.75) is 52.4 Å². The van der Waals surface area contributed by atoms with Gasteiger partial charge in [-0.15, -0.1) is 0 Å². The Morgan fingerprint density at radius 1 is 1.41 bits per heavy atom. The second-order valence-electron chi connectivity index (χ2n) is 5.94. The van der Waals surface area contributed by atoms with Crippen LogP contribution in [-0.4, -0.2) is 5.91 Å². The van der Waals surface area contributed by atoms with Crippen molar-refractivity contribution in [2.75, 3.05) is 5.32 Å². The lowest BCUT2D eigenvalue weighted by Gasteiger charge is -2.20. The summed E-state index contributed by atoms with van der Waals surface area (Å²) >= 11 is 0. The maximum absolute atomic E-state index is 11.3. The first kappa shape index (κ1) is 12.2. The van der Waals surface area contributed by atoms with Crippen molar-refractivity contribution in [3.05, 3.63) is 28.8 Å². The van der Waals surface area contributed by atoms with Crippen LogP contribution in [0.25, 0.3) is 0 Å². The largest absolute Gasteiger partial charge is 0.326 e. The van der Waals surface area contributed by atoms with Crippen LogP contribution in [0.1, 0.15) is 56.7 Å². The summed E-state index contributed by atoms with van der Waals surface area (Å²) in [5.41, 5.74) is 5.17. The third-order valence-corrected chi connectivity index (χ3v) is 3.67. The van der Waals surface area contributed by atoms with Crippen LogP contribution in [0.15, 0.2) is 12.1 Å². The van der Waals surface area contributed by atoms with E-state index in [1.54, 1.807) is 6.92 Å². The molecule has 2 heteroatoms. The number of carbonyl (C=O) groups excluding carboxylic acids is 1. The Labute approximate surface area is 103 Å². The third-order valence-electron chi connectivity index (χ3n) is 3.67. The van der Waals surface area contributed by atoms with Gasteiger partial charge in [0.05, 0.1) is 0 Å². The van der Waals surface area contributed by atoms with Crippen LogP contribution >= 0.6 is 0 Å². The average Bonchev–Trinajstić information content (AvgIpc) is 2.35. The molecule has 0 radical (unpaired) electrons. The number of hydrogen-bond acceptors (Lipinski definition) is 1. The maximum Gasteiger partial charge on any atom is 0.221 e. The van der Waals surface area contributed by atoms with E-state index in [-0.39, 0.29) is 11.3 Å². The van der Waals surface area contributed by atoms with E-state index in [0.29, 0.717) is 5.92 Å². The predicted molar refractivity (Wildman–Crippen MR) is 71.5 cm³/mol. The molecule has 0 fully saturated rings. The van der Waals surface area contributed by atoms with Crippen molar-refractivity contribution in [2.24, 2.45) is 0 Å². The van der Waals surface area contributed by atoms with Crippen LogP contribution < -0.4 is 5.32 Å². The van der Waals surface area contributed by atoms with Crippen LogP contribution in [0.4, 0.5) is 5.69 Å². The summed E-state index contributed by atoms with van der Waals surface area (Å²) < 4.78 is 0. The molecule has 1 unspecified atom stereocenters. The zero-order valence-corrected chi connectivity index (χ0v) is 11.3. The van der Waals surface area contributed by atoms with Gasteiger partial charge in [-0.3, -0.25) is 4.79 Å². The Morgan fingerprint density at radius 3 is 2.65 bits per heavy atom. The summed E-state index contributed by atoms with van der Waals surface area (Å²) in [5.74, 6) is 0.525. The Morgan fingerprint density at radius 2 is 2.06 bits per heavy atom. The monoisotopic (exact) mass is 231 g/mol. The fraction of sp³-hybridized carbons (Fsp3) is 0.533. The first-order valence-electron chi connectivity index (χ1n) is 6.24. The first-order valence-corrected chi connectivity index (χ1v) is 6.24. The molecule has 1 aliphatic carbocycles. The summed E-state index contributed by atoms with van der Waals surface area (Å²) in [7, 11) is 0. The highest BCUT2D eigenvalue weighted by Crippen LogP contribution is 2.48. The minimum Gasteiger partial charge on any atom is -0.326 e. The number of anilines is 1. The van der Waals surface area contributed by atoms with E-state index in [0.717, 1.165) is 12.1 Å². The molecule has 1 aliphatic rings. The van der Waals surface area contributed by atoms with E-state index in [4.69, 9.17) is 0 Å². The van der Waals surface area contributed by atoms with Gasteiger partial charge in [0.25, 0.3) is 0 Å². The second kappa shape index (κ2) is 3.86. The minimum atomic E-state index is 0.00899. The Kier molecular flexibility index (Phi) is 2.76. The van der Waals surface area contributed by atoms with Gasteiger partial charge in [-0.05, 0) is 47.4 Å². The second-order valence-corrected chi connectivity index (χ2v) is 5.94. The van der Waals surface area contributed by atoms with Crippen molar-refractivity contribution < 1.29 is 4.79 Å². The quantitative estimate of drug-likeness (QED) is 0.783. The minimum absolute atomic E-state index is 0.00899. The fourth-order valence-electron chi connectivity index (χ4n) is 3.16. The molecule has 1 amide bonds. The highest BCUT2D eigenvalue weighted by molar-refractivity contribution is 5.90. The zero-order valence-electron chi connectivity index (χ0n) is 11.3. The molecule has 1 aromatic carbocycles. The molecule has 0 aliphatic heterocycles. The van der Waals surface area contributed by atoms with Crippen LogP contribution in [0.2, 0.25) is 0 Å². The number of fused-ring (bicyclic) bond motifs is 1. The number of carbonyl (C=O) groups is 1. The van der Waals surface area contributed by atoms with E-state index in [2.05, 4.69) is 45.1 Å². The molecule has 1 N–H and O–H groups in total. The van der Waals surface area contributed by atoms with Crippen molar-refractivity contribution >= 4 is 11.6 Å². The molecule has 1 aromatic rings. The molecule has 0 bridgehead atoms. The Hall–Kier alpha value is -1.31. The molecule has 0 aromatic heterocycles. The van der Waals surface area contributed by atoms with Crippen molar-refractivity contribution in [1.29, 1.82) is 0 Å². The maximum atomic E-state index is 11.3. The topological polar surface area (TPSA) is 29.1 Å². The third kappa shape index (κ3) is 2.08. The number of aryl methyl sites for hydroxylation is 1. The highest BCUT2D eigenvalue weighted by atomic mass is 16.1. The first-order chi connectivity index (χ1) is 7.81. The molecule has 17 heavy (non-hydrogen) atoms. The Bertz CT molecular complexity index is 474. The van der Waals surface area contributed by atoms with E-state index >= 15 is 0 Å². The van der Waals surface area contributed by atoms with Gasteiger partial charge in [0.1, 0.15) is 0 Å². The summed E-state index contributed by atoms with van der Waals surface area (Å²) in [4.78, 5) is 11.3. The van der Waals surface area contributed by atoms with Gasteiger partial charge >= 0.3 is 0 Å². The number of benzene rings is 1. The van der Waals surface area contributed by atoms with Crippen molar-refractivity contribution in [3.63, 3.8) is 0 Å². The normalized spacial score (nSPS) is 21.1. The van der Waals surface area contributed by atoms with Crippen LogP contribution in [-0.2, 0) is 10.2 Å². The van der Waals surface area contributed by atoms with E-state index in [1.807, 2.05) is 0 Å². The number of rotatable bonds is 1. The van der Waals surface area contributed by atoms with Crippen LogP contribution in [0.5, 0.6) is 0 Å². The lowest BCUT2D eigenvalue weighted by atomic mass is 9.85. The van der Waals surface area contributed by atoms with Gasteiger partial charge in [0, 0.05) is 12.6 Å². The van der Waals surface area contributed by atoms with Gasteiger partial charge in [0.15, 0.2) is 0 Å². The SMILES string of the molecule is CC(=O)Nc1cc(C)cc2c1C(C)CC2(C)C. The summed E-state index contributed by atoms with van der Waals surface area (Å²) in [6.07, 6.45) is 1.15. The van der Waals surface area contributed by atoms with E-state index in [9.17, 15) is 4.79 Å². The smallest absolute Gasteiger partial charge is 0.221 e. The predicted octanol–water partition coefficient (Wildman–Crippen LogP) is 3.74. The average molecular weight is 231 g/mol. The van der Waals surface area contributed by atoms with Gasteiger partial charge in [-0.25, -0.2) is 0 Å². The molecule has 2 rings (SSSR count). The number of hydrogen-bond donors (Lipinski definition) is 1. The van der Waals surface area contributed by atoms with Gasteiger partial charge < -0.3 is 5.32 Å².